The zero-order valence-corrected chi connectivity index (χ0v) is 18.4. The van der Waals surface area contributed by atoms with E-state index in [4.69, 9.17) is 5.73 Å². The third-order valence-electron chi connectivity index (χ3n) is 5.81. The Morgan fingerprint density at radius 1 is 1.20 bits per heavy atom. The van der Waals surface area contributed by atoms with Crippen molar-refractivity contribution in [3.05, 3.63) is 35.9 Å². The maximum Gasteiger partial charge on any atom is 0.246 e. The molecule has 3 rings (SSSR count). The monoisotopic (exact) mass is 432 g/mol. The van der Waals surface area contributed by atoms with Gasteiger partial charge in [-0.05, 0) is 25.3 Å². The van der Waals surface area contributed by atoms with E-state index in [1.807, 2.05) is 35.2 Å². The van der Waals surface area contributed by atoms with Gasteiger partial charge in [0.25, 0.3) is 0 Å². The summed E-state index contributed by atoms with van der Waals surface area (Å²) in [6.45, 7) is 2.01. The number of nitrogens with two attached hydrogens (primary N) is 1. The van der Waals surface area contributed by atoms with Gasteiger partial charge < -0.3 is 20.9 Å². The van der Waals surface area contributed by atoms with Gasteiger partial charge in [0.2, 0.25) is 17.7 Å². The van der Waals surface area contributed by atoms with Crippen molar-refractivity contribution in [2.45, 2.75) is 63.7 Å². The first kappa shape index (κ1) is 22.6. The second-order valence-corrected chi connectivity index (χ2v) is 9.13. The highest BCUT2D eigenvalue weighted by molar-refractivity contribution is 7.99. The van der Waals surface area contributed by atoms with Crippen LogP contribution in [0.4, 0.5) is 0 Å². The first-order valence-corrected chi connectivity index (χ1v) is 11.9. The van der Waals surface area contributed by atoms with Gasteiger partial charge in [-0.1, -0.05) is 49.6 Å². The number of amides is 3. The van der Waals surface area contributed by atoms with Crippen LogP contribution in [0.2, 0.25) is 0 Å². The molecule has 7 nitrogen and oxygen atoms in total. The smallest absolute Gasteiger partial charge is 0.246 e. The van der Waals surface area contributed by atoms with E-state index < -0.39 is 12.1 Å². The van der Waals surface area contributed by atoms with Crippen LogP contribution in [0.5, 0.6) is 0 Å². The second kappa shape index (κ2) is 10.8. The first-order chi connectivity index (χ1) is 14.5. The highest BCUT2D eigenvalue weighted by Gasteiger charge is 2.39. The Kier molecular flexibility index (Phi) is 8.16. The lowest BCUT2D eigenvalue weighted by molar-refractivity contribution is -0.145. The minimum atomic E-state index is -0.671. The van der Waals surface area contributed by atoms with Gasteiger partial charge in [-0.3, -0.25) is 14.4 Å². The summed E-state index contributed by atoms with van der Waals surface area (Å²) in [5, 5.41) is 2.56. The molecule has 3 amide bonds. The van der Waals surface area contributed by atoms with Crippen molar-refractivity contribution in [1.29, 1.82) is 0 Å². The molecular weight excluding hydrogens is 400 g/mol. The van der Waals surface area contributed by atoms with Gasteiger partial charge in [-0.25, -0.2) is 0 Å². The fraction of sp³-hybridized carbons (Fsp3) is 0.591. The molecule has 1 aliphatic heterocycles. The van der Waals surface area contributed by atoms with E-state index in [-0.39, 0.29) is 30.3 Å². The molecule has 1 saturated heterocycles. The molecule has 1 aromatic rings. The van der Waals surface area contributed by atoms with E-state index in [1.165, 1.54) is 6.42 Å². The summed E-state index contributed by atoms with van der Waals surface area (Å²) in [5.41, 5.74) is 6.65. The van der Waals surface area contributed by atoms with Crippen LogP contribution in [-0.2, 0) is 20.9 Å². The maximum absolute atomic E-state index is 13.6. The average molecular weight is 433 g/mol. The van der Waals surface area contributed by atoms with Gasteiger partial charge in [0, 0.05) is 18.3 Å². The summed E-state index contributed by atoms with van der Waals surface area (Å²) in [4.78, 5) is 41.7. The van der Waals surface area contributed by atoms with Gasteiger partial charge in [0.05, 0.1) is 18.5 Å². The maximum atomic E-state index is 13.6. The Morgan fingerprint density at radius 3 is 2.57 bits per heavy atom. The minimum absolute atomic E-state index is 0.0163. The van der Waals surface area contributed by atoms with E-state index in [0.29, 0.717) is 18.2 Å². The highest BCUT2D eigenvalue weighted by atomic mass is 32.2. The number of rotatable bonds is 7. The first-order valence-electron chi connectivity index (χ1n) is 10.7. The van der Waals surface area contributed by atoms with Crippen molar-refractivity contribution < 1.29 is 14.4 Å². The average Bonchev–Trinajstić information content (AvgIpc) is 3.26. The topological polar surface area (TPSA) is 95.7 Å². The quantitative estimate of drug-likeness (QED) is 0.684. The molecule has 0 unspecified atom stereocenters. The van der Waals surface area contributed by atoms with Gasteiger partial charge in [-0.2, -0.15) is 0 Å². The van der Waals surface area contributed by atoms with Gasteiger partial charge >= 0.3 is 0 Å². The molecular formula is C22H32N4O3S. The predicted molar refractivity (Wildman–Crippen MR) is 118 cm³/mol. The van der Waals surface area contributed by atoms with Crippen LogP contribution in [0.15, 0.2) is 30.3 Å². The number of carbonyl (C=O) groups excluding carboxylic acids is 3. The molecule has 2 aliphatic rings. The van der Waals surface area contributed by atoms with Crippen LogP contribution in [0.25, 0.3) is 0 Å². The highest BCUT2D eigenvalue weighted by Crippen LogP contribution is 2.28. The lowest BCUT2D eigenvalue weighted by atomic mass is 9.93. The SMILES string of the molecule is C[C@H](N)C(=O)NCC(=O)N1CSC[C@H]1C(=O)N(Cc1ccccc1)C1CCCCC1. The summed E-state index contributed by atoms with van der Waals surface area (Å²) >= 11 is 1.58. The van der Waals surface area contributed by atoms with Crippen LogP contribution in [-0.4, -0.2) is 63.8 Å². The van der Waals surface area contributed by atoms with Crippen molar-refractivity contribution >= 4 is 29.5 Å². The van der Waals surface area contributed by atoms with Gasteiger partial charge in [0.1, 0.15) is 6.04 Å². The van der Waals surface area contributed by atoms with Crippen LogP contribution >= 0.6 is 11.8 Å². The molecule has 30 heavy (non-hydrogen) atoms. The van der Waals surface area contributed by atoms with Crippen LogP contribution < -0.4 is 11.1 Å². The van der Waals surface area contributed by atoms with Crippen molar-refractivity contribution in [2.75, 3.05) is 18.2 Å². The zero-order chi connectivity index (χ0) is 21.5. The van der Waals surface area contributed by atoms with E-state index >= 15 is 0 Å². The lowest BCUT2D eigenvalue weighted by Crippen LogP contribution is -2.54. The molecule has 8 heteroatoms. The molecule has 1 saturated carbocycles. The summed E-state index contributed by atoms with van der Waals surface area (Å²) in [6, 6.07) is 9.09. The molecule has 1 aliphatic carbocycles. The Bertz CT molecular complexity index is 737. The number of hydrogen-bond acceptors (Lipinski definition) is 5. The lowest BCUT2D eigenvalue weighted by Gasteiger charge is -2.37. The van der Waals surface area contributed by atoms with Crippen molar-refractivity contribution in [2.24, 2.45) is 5.73 Å². The number of nitrogens with one attached hydrogen (secondary N) is 1. The Morgan fingerprint density at radius 2 is 1.90 bits per heavy atom. The number of carbonyl (C=O) groups is 3. The second-order valence-electron chi connectivity index (χ2n) is 8.13. The summed E-state index contributed by atoms with van der Waals surface area (Å²) in [6.07, 6.45) is 5.50. The zero-order valence-electron chi connectivity index (χ0n) is 17.6. The van der Waals surface area contributed by atoms with E-state index in [2.05, 4.69) is 5.32 Å². The van der Waals surface area contributed by atoms with Crippen molar-refractivity contribution in [1.82, 2.24) is 15.1 Å². The summed E-state index contributed by atoms with van der Waals surface area (Å²) < 4.78 is 0. The normalized spacial score (nSPS) is 20.6. The molecule has 2 atom stereocenters. The molecule has 1 heterocycles. The number of benzene rings is 1. The molecule has 1 aromatic carbocycles. The standard InChI is InChI=1S/C22H32N4O3S/c1-16(23)21(28)24-12-20(27)26-15-30-14-19(26)22(29)25(18-10-6-3-7-11-18)13-17-8-4-2-5-9-17/h2,4-5,8-9,16,18-19H,3,6-7,10-15,23H2,1H3,(H,24,28)/t16-,19-/m0/s1. The van der Waals surface area contributed by atoms with Crippen LogP contribution in [0.3, 0.4) is 0 Å². The number of hydrogen-bond donors (Lipinski definition) is 2. The minimum Gasteiger partial charge on any atom is -0.346 e. The summed E-state index contributed by atoms with van der Waals surface area (Å²) in [7, 11) is 0. The summed E-state index contributed by atoms with van der Waals surface area (Å²) in [5.74, 6) is 0.459. The third kappa shape index (κ3) is 5.76. The Hall–Kier alpha value is -2.06. The fourth-order valence-electron chi connectivity index (χ4n) is 4.07. The molecule has 3 N–H and O–H groups in total. The number of nitrogens with zero attached hydrogens (tertiary/aromatic N) is 2. The molecule has 0 radical (unpaired) electrons. The van der Waals surface area contributed by atoms with Gasteiger partial charge in [0.15, 0.2) is 0 Å². The number of thioether (sulfide) groups is 1. The molecule has 0 bridgehead atoms. The van der Waals surface area contributed by atoms with E-state index in [9.17, 15) is 14.4 Å². The Balaban J connectivity index is 1.71. The van der Waals surface area contributed by atoms with E-state index in [0.717, 1.165) is 31.2 Å². The molecule has 2 fully saturated rings. The van der Waals surface area contributed by atoms with Crippen molar-refractivity contribution in [3.63, 3.8) is 0 Å². The van der Waals surface area contributed by atoms with E-state index in [1.54, 1.807) is 23.6 Å². The third-order valence-corrected chi connectivity index (χ3v) is 6.82. The fourth-order valence-corrected chi connectivity index (χ4v) is 5.24. The van der Waals surface area contributed by atoms with Crippen LogP contribution in [0.1, 0.15) is 44.6 Å². The molecule has 164 valence electrons. The van der Waals surface area contributed by atoms with Gasteiger partial charge in [-0.15, -0.1) is 11.8 Å². The molecule has 0 spiro atoms. The largest absolute Gasteiger partial charge is 0.346 e. The molecule has 0 aromatic heterocycles. The van der Waals surface area contributed by atoms with Crippen molar-refractivity contribution in [3.8, 4) is 0 Å². The Labute approximate surface area is 182 Å². The predicted octanol–water partition coefficient (Wildman–Crippen LogP) is 1.71. The van der Waals surface area contributed by atoms with Crippen LogP contribution in [0, 0.1) is 0 Å².